The molecule has 0 aliphatic rings. The minimum Gasteiger partial charge on any atom is -0.494 e. The second-order valence-electron chi connectivity index (χ2n) is 7.28. The second kappa shape index (κ2) is 8.94. The fourth-order valence-corrected chi connectivity index (χ4v) is 3.64. The van der Waals surface area contributed by atoms with E-state index >= 15 is 0 Å². The van der Waals surface area contributed by atoms with Crippen LogP contribution in [-0.4, -0.2) is 38.3 Å². The van der Waals surface area contributed by atoms with Crippen LogP contribution in [0.2, 0.25) is 0 Å². The number of aromatic hydroxyl groups is 1. The number of hydrogen-bond acceptors (Lipinski definition) is 7. The second-order valence-corrected chi connectivity index (χ2v) is 7.28. The number of aromatic nitrogens is 4. The highest BCUT2D eigenvalue weighted by atomic mass is 16.5. The highest BCUT2D eigenvalue weighted by molar-refractivity contribution is 5.90. The Balaban J connectivity index is 1.78. The lowest BCUT2D eigenvalue weighted by atomic mass is 10.1. The zero-order valence-electron chi connectivity index (χ0n) is 18.2. The third-order valence-electron chi connectivity index (χ3n) is 5.15. The summed E-state index contributed by atoms with van der Waals surface area (Å²) in [5.74, 6) is 1.06. The summed E-state index contributed by atoms with van der Waals surface area (Å²) in [7, 11) is 1.57. The van der Waals surface area contributed by atoms with Crippen LogP contribution in [-0.2, 0) is 6.42 Å². The molecule has 0 amide bonds. The van der Waals surface area contributed by atoms with Crippen LogP contribution in [0.5, 0.6) is 17.5 Å². The van der Waals surface area contributed by atoms with Crippen molar-refractivity contribution in [3.8, 4) is 40.5 Å². The van der Waals surface area contributed by atoms with E-state index in [2.05, 4.69) is 16.0 Å². The normalized spacial score (nSPS) is 10.8. The maximum Gasteiger partial charge on any atom is 0.256 e. The fourth-order valence-electron chi connectivity index (χ4n) is 3.64. The van der Waals surface area contributed by atoms with Crippen LogP contribution in [0, 0.1) is 18.3 Å². The molecule has 8 heteroatoms. The lowest BCUT2D eigenvalue weighted by Gasteiger charge is -2.10. The number of fused-ring (bicyclic) bond motifs is 1. The number of rotatable bonds is 7. The van der Waals surface area contributed by atoms with Gasteiger partial charge in [0.15, 0.2) is 5.75 Å². The van der Waals surface area contributed by atoms with Crippen LogP contribution in [0.25, 0.3) is 27.8 Å². The van der Waals surface area contributed by atoms with Crippen molar-refractivity contribution in [1.82, 2.24) is 19.5 Å². The van der Waals surface area contributed by atoms with Gasteiger partial charge in [0.05, 0.1) is 48.3 Å². The maximum absolute atomic E-state index is 10.9. The third kappa shape index (κ3) is 3.93. The van der Waals surface area contributed by atoms with Gasteiger partial charge in [-0.3, -0.25) is 9.55 Å². The number of aryl methyl sites for hydroxylation is 2. The van der Waals surface area contributed by atoms with Gasteiger partial charge in [-0.2, -0.15) is 5.26 Å². The van der Waals surface area contributed by atoms with Gasteiger partial charge in [-0.25, -0.2) is 9.97 Å². The van der Waals surface area contributed by atoms with E-state index in [0.717, 1.165) is 16.7 Å². The molecule has 0 unspecified atom stereocenters. The fraction of sp³-hybridized carbons (Fsp3) is 0.250. The molecule has 0 spiro atoms. The number of hydrogen-bond donors (Lipinski definition) is 1. The van der Waals surface area contributed by atoms with Gasteiger partial charge in [0.25, 0.3) is 5.88 Å². The highest BCUT2D eigenvalue weighted by Crippen LogP contribution is 2.35. The number of nitrogens with zero attached hydrogens (tertiary/aromatic N) is 5. The van der Waals surface area contributed by atoms with Gasteiger partial charge in [-0.15, -0.1) is 0 Å². The molecule has 0 aliphatic carbocycles. The molecule has 0 fully saturated rings. The van der Waals surface area contributed by atoms with E-state index in [0.29, 0.717) is 53.4 Å². The van der Waals surface area contributed by atoms with Crippen molar-refractivity contribution in [2.24, 2.45) is 0 Å². The predicted molar refractivity (Wildman–Crippen MR) is 120 cm³/mol. The predicted octanol–water partition coefficient (Wildman–Crippen LogP) is 4.36. The highest BCUT2D eigenvalue weighted by Gasteiger charge is 2.17. The Morgan fingerprint density at radius 3 is 2.78 bits per heavy atom. The van der Waals surface area contributed by atoms with Gasteiger partial charge in [0.1, 0.15) is 0 Å². The molecule has 0 atom stereocenters. The van der Waals surface area contributed by atoms with Crippen molar-refractivity contribution in [3.63, 3.8) is 0 Å². The summed E-state index contributed by atoms with van der Waals surface area (Å²) in [6.45, 7) is 4.31. The van der Waals surface area contributed by atoms with E-state index in [1.54, 1.807) is 36.5 Å². The van der Waals surface area contributed by atoms with E-state index in [4.69, 9.17) is 19.7 Å². The first kappa shape index (κ1) is 21.1. The summed E-state index contributed by atoms with van der Waals surface area (Å²) < 4.78 is 12.6. The Bertz CT molecular complexity index is 1320. The number of pyridine rings is 3. The van der Waals surface area contributed by atoms with Gasteiger partial charge in [0, 0.05) is 30.6 Å². The molecule has 4 heterocycles. The first-order chi connectivity index (χ1) is 15.5. The van der Waals surface area contributed by atoms with Gasteiger partial charge in [0.2, 0.25) is 5.88 Å². The third-order valence-corrected chi connectivity index (χ3v) is 5.15. The molecule has 4 rings (SSSR count). The van der Waals surface area contributed by atoms with Crippen LogP contribution >= 0.6 is 0 Å². The summed E-state index contributed by atoms with van der Waals surface area (Å²) in [6, 6.07) is 7.80. The summed E-state index contributed by atoms with van der Waals surface area (Å²) in [6.07, 6.45) is 7.90. The smallest absolute Gasteiger partial charge is 0.256 e. The Morgan fingerprint density at radius 1 is 1.19 bits per heavy atom. The Kier molecular flexibility index (Phi) is 5.90. The lowest BCUT2D eigenvalue weighted by molar-refractivity contribution is 0.298. The minimum atomic E-state index is 0.0955. The van der Waals surface area contributed by atoms with Crippen molar-refractivity contribution < 1.29 is 14.6 Å². The molecule has 4 aromatic heterocycles. The molecule has 162 valence electrons. The van der Waals surface area contributed by atoms with Crippen LogP contribution in [0.4, 0.5) is 0 Å². The molecule has 0 bridgehead atoms. The largest absolute Gasteiger partial charge is 0.494 e. The van der Waals surface area contributed by atoms with E-state index in [1.165, 1.54) is 0 Å². The molecule has 0 saturated carbocycles. The van der Waals surface area contributed by atoms with Crippen molar-refractivity contribution >= 4 is 10.9 Å². The summed E-state index contributed by atoms with van der Waals surface area (Å²) in [4.78, 5) is 13.4. The zero-order valence-corrected chi connectivity index (χ0v) is 18.2. The first-order valence-corrected chi connectivity index (χ1v) is 10.3. The molecular weight excluding hydrogens is 406 g/mol. The van der Waals surface area contributed by atoms with Gasteiger partial charge in [-0.1, -0.05) is 0 Å². The summed E-state index contributed by atoms with van der Waals surface area (Å²) in [5, 5.41) is 20.4. The molecule has 0 aliphatic heterocycles. The molecular formula is C24H23N5O3. The number of ether oxygens (including phenoxy) is 2. The van der Waals surface area contributed by atoms with Crippen LogP contribution in [0.3, 0.4) is 0 Å². The first-order valence-electron chi connectivity index (χ1n) is 10.3. The van der Waals surface area contributed by atoms with Crippen LogP contribution < -0.4 is 9.47 Å². The van der Waals surface area contributed by atoms with E-state index in [1.807, 2.05) is 32.0 Å². The van der Waals surface area contributed by atoms with Crippen molar-refractivity contribution in [1.29, 1.82) is 5.26 Å². The van der Waals surface area contributed by atoms with Gasteiger partial charge < -0.3 is 14.6 Å². The molecule has 0 saturated heterocycles. The maximum atomic E-state index is 10.9. The average molecular weight is 429 g/mol. The summed E-state index contributed by atoms with van der Waals surface area (Å²) in [5.41, 5.74) is 4.65. The topological polar surface area (TPSA) is 106 Å². The molecule has 1 N–H and O–H groups in total. The zero-order chi connectivity index (χ0) is 22.7. The molecule has 32 heavy (non-hydrogen) atoms. The Labute approximate surface area is 185 Å². The average Bonchev–Trinajstić information content (AvgIpc) is 3.15. The quantitative estimate of drug-likeness (QED) is 0.465. The van der Waals surface area contributed by atoms with Gasteiger partial charge >= 0.3 is 0 Å². The Hall–Kier alpha value is -4.12. The van der Waals surface area contributed by atoms with Crippen molar-refractivity contribution in [2.75, 3.05) is 13.7 Å². The van der Waals surface area contributed by atoms with Crippen LogP contribution in [0.15, 0.2) is 43.0 Å². The van der Waals surface area contributed by atoms with Gasteiger partial charge in [-0.05, 0) is 49.6 Å². The minimum absolute atomic E-state index is 0.0955. The number of nitriles is 1. The molecule has 0 aromatic carbocycles. The SMILES string of the molecule is CCOc1ncc(-c2cc(C)c3c(O)n(-c4cncc(CCC#N)c4)cc3n2)cc1OC. The lowest BCUT2D eigenvalue weighted by Crippen LogP contribution is -1.98. The standard InChI is InChI=1S/C24H23N5O3/c1-4-32-23-21(31-3)10-17(12-27-23)19-8-15(2)22-20(28-19)14-29(24(22)30)18-9-16(6-5-7-25)11-26-13-18/h8-14,30H,4-6H2,1-3H3. The Morgan fingerprint density at radius 2 is 2.03 bits per heavy atom. The van der Waals surface area contributed by atoms with Crippen molar-refractivity contribution in [2.45, 2.75) is 26.7 Å². The van der Waals surface area contributed by atoms with E-state index in [9.17, 15) is 5.11 Å². The monoisotopic (exact) mass is 429 g/mol. The molecule has 4 aromatic rings. The van der Waals surface area contributed by atoms with E-state index < -0.39 is 0 Å². The molecule has 0 radical (unpaired) electrons. The van der Waals surface area contributed by atoms with Crippen LogP contribution in [0.1, 0.15) is 24.5 Å². The van der Waals surface area contributed by atoms with Crippen molar-refractivity contribution in [3.05, 3.63) is 54.1 Å². The number of methoxy groups -OCH3 is 1. The van der Waals surface area contributed by atoms with E-state index in [-0.39, 0.29) is 5.88 Å². The molecule has 8 nitrogen and oxygen atoms in total. The summed E-state index contributed by atoms with van der Waals surface area (Å²) >= 11 is 0.